The first-order valence-corrected chi connectivity index (χ1v) is 9.32. The minimum absolute atomic E-state index is 0. The van der Waals surface area contributed by atoms with E-state index in [0.29, 0.717) is 30.1 Å². The molecule has 2 unspecified atom stereocenters. The molecule has 0 aliphatic heterocycles. The van der Waals surface area contributed by atoms with Crippen LogP contribution in [0.4, 0.5) is 11.5 Å². The van der Waals surface area contributed by atoms with E-state index in [-0.39, 0.29) is 42.7 Å². The Balaban J connectivity index is 0.00000225. The average Bonchev–Trinajstić information content (AvgIpc) is 2.68. The topological polar surface area (TPSA) is 106 Å². The molecular weight excluding hydrogens is 427 g/mol. The zero-order valence-corrected chi connectivity index (χ0v) is 18.8. The predicted molar refractivity (Wildman–Crippen MR) is 122 cm³/mol. The molecule has 1 heterocycles. The molecule has 1 aromatic heterocycles. The largest absolute Gasteiger partial charge is 0.378 e. The number of amides is 2. The Morgan fingerprint density at radius 2 is 1.90 bits per heavy atom. The normalized spacial score (nSPS) is 21.3. The third-order valence-corrected chi connectivity index (χ3v) is 5.52. The molecule has 0 radical (unpaired) electrons. The molecule has 1 saturated carbocycles. The van der Waals surface area contributed by atoms with Crippen molar-refractivity contribution in [3.05, 3.63) is 54.2 Å². The maximum Gasteiger partial charge on any atom is 0.256 e. The number of ether oxygens (including phenoxy) is 1. The first kappa shape index (κ1) is 25.8. The molecule has 7 nitrogen and oxygen atoms in total. The number of carbonyl (C=O) groups is 2. The molecule has 30 heavy (non-hydrogen) atoms. The van der Waals surface area contributed by atoms with Crippen LogP contribution in [-0.2, 0) is 9.53 Å². The smallest absolute Gasteiger partial charge is 0.256 e. The van der Waals surface area contributed by atoms with Crippen LogP contribution in [0.1, 0.15) is 37.6 Å². The molecule has 3 rings (SSSR count). The van der Waals surface area contributed by atoms with Crippen molar-refractivity contribution in [1.82, 2.24) is 4.98 Å². The van der Waals surface area contributed by atoms with E-state index in [9.17, 15) is 9.59 Å². The van der Waals surface area contributed by atoms with Crippen LogP contribution in [0, 0.1) is 5.41 Å². The van der Waals surface area contributed by atoms with Crippen LogP contribution in [0.2, 0.25) is 0 Å². The van der Waals surface area contributed by atoms with E-state index < -0.39 is 11.0 Å². The Hall–Kier alpha value is -2.19. The van der Waals surface area contributed by atoms with Gasteiger partial charge >= 0.3 is 0 Å². The summed E-state index contributed by atoms with van der Waals surface area (Å²) in [5.41, 5.74) is 5.82. The Morgan fingerprint density at radius 3 is 2.50 bits per heavy atom. The number of rotatable bonds is 6. The van der Waals surface area contributed by atoms with Crippen molar-refractivity contribution in [3.8, 4) is 0 Å². The fraction of sp³-hybridized carbons (Fsp3) is 0.381. The van der Waals surface area contributed by atoms with Gasteiger partial charge < -0.3 is 21.1 Å². The lowest BCUT2D eigenvalue weighted by Crippen LogP contribution is -2.74. The standard InChI is InChI=1S/C21H26N4O3.2ClH/c1-4-28-16-13-21(22,20(16,2)3)19(27)24-15-9-7-8-14(12-15)18(26)25-17-10-5-6-11-23-17;;/h5-12,16H,4,13,22H2,1-3H3,(H,24,27)(H,23,25,26);2*1H. The van der Waals surface area contributed by atoms with Crippen LogP contribution in [0.25, 0.3) is 0 Å². The highest BCUT2D eigenvalue weighted by Gasteiger charge is 2.62. The van der Waals surface area contributed by atoms with Crippen molar-refractivity contribution in [1.29, 1.82) is 0 Å². The molecule has 1 fully saturated rings. The summed E-state index contributed by atoms with van der Waals surface area (Å²) in [6.07, 6.45) is 2.01. The van der Waals surface area contributed by atoms with Gasteiger partial charge in [-0.1, -0.05) is 26.0 Å². The van der Waals surface area contributed by atoms with Gasteiger partial charge in [0.05, 0.1) is 6.10 Å². The number of halogens is 2. The van der Waals surface area contributed by atoms with E-state index in [2.05, 4.69) is 15.6 Å². The minimum atomic E-state index is -1.03. The summed E-state index contributed by atoms with van der Waals surface area (Å²) in [6, 6.07) is 12.0. The summed E-state index contributed by atoms with van der Waals surface area (Å²) >= 11 is 0. The molecule has 2 aromatic rings. The maximum atomic E-state index is 12.9. The molecule has 0 spiro atoms. The zero-order valence-electron chi connectivity index (χ0n) is 17.2. The Labute approximate surface area is 189 Å². The lowest BCUT2D eigenvalue weighted by molar-refractivity contribution is -0.166. The van der Waals surface area contributed by atoms with Gasteiger partial charge in [-0.25, -0.2) is 4.98 Å². The van der Waals surface area contributed by atoms with Crippen LogP contribution >= 0.6 is 24.8 Å². The second-order valence-electron chi connectivity index (χ2n) is 7.55. The van der Waals surface area contributed by atoms with E-state index in [1.807, 2.05) is 20.8 Å². The molecule has 2 atom stereocenters. The number of pyridine rings is 1. The van der Waals surface area contributed by atoms with Gasteiger partial charge in [0, 0.05) is 35.9 Å². The number of nitrogens with one attached hydrogen (secondary N) is 2. The molecule has 0 bridgehead atoms. The monoisotopic (exact) mass is 454 g/mol. The first-order valence-electron chi connectivity index (χ1n) is 9.32. The highest BCUT2D eigenvalue weighted by Crippen LogP contribution is 2.50. The van der Waals surface area contributed by atoms with Gasteiger partial charge in [0.2, 0.25) is 5.91 Å². The van der Waals surface area contributed by atoms with Crippen molar-refractivity contribution >= 4 is 48.1 Å². The SMILES string of the molecule is CCOC1CC(N)(C(=O)Nc2cccc(C(=O)Nc3ccccn3)c2)C1(C)C.Cl.Cl. The minimum Gasteiger partial charge on any atom is -0.378 e. The van der Waals surface area contributed by atoms with Crippen molar-refractivity contribution in [2.45, 2.75) is 38.8 Å². The van der Waals surface area contributed by atoms with Crippen LogP contribution in [0.15, 0.2) is 48.7 Å². The number of carbonyl (C=O) groups excluding carboxylic acids is 2. The van der Waals surface area contributed by atoms with Gasteiger partial charge in [-0.2, -0.15) is 0 Å². The highest BCUT2D eigenvalue weighted by molar-refractivity contribution is 6.05. The predicted octanol–water partition coefficient (Wildman–Crippen LogP) is 3.65. The molecule has 9 heteroatoms. The van der Waals surface area contributed by atoms with Crippen molar-refractivity contribution in [2.24, 2.45) is 11.1 Å². The highest BCUT2D eigenvalue weighted by atomic mass is 35.5. The van der Waals surface area contributed by atoms with Crippen molar-refractivity contribution in [3.63, 3.8) is 0 Å². The molecule has 1 aliphatic carbocycles. The number of aromatic nitrogens is 1. The quantitative estimate of drug-likeness (QED) is 0.617. The number of nitrogens with two attached hydrogens (primary N) is 1. The Bertz CT molecular complexity index is 880. The van der Waals surface area contributed by atoms with Crippen LogP contribution in [-0.4, -0.2) is 35.0 Å². The average molecular weight is 455 g/mol. The molecule has 164 valence electrons. The molecule has 2 amide bonds. The number of anilines is 2. The molecule has 1 aliphatic rings. The molecule has 4 N–H and O–H groups in total. The number of hydrogen-bond donors (Lipinski definition) is 3. The fourth-order valence-electron chi connectivity index (χ4n) is 3.43. The maximum absolute atomic E-state index is 12.9. The summed E-state index contributed by atoms with van der Waals surface area (Å²) in [4.78, 5) is 29.4. The van der Waals surface area contributed by atoms with E-state index in [1.165, 1.54) is 0 Å². The van der Waals surface area contributed by atoms with Gasteiger partial charge in [-0.05, 0) is 37.3 Å². The number of hydrogen-bond acceptors (Lipinski definition) is 5. The first-order chi connectivity index (χ1) is 13.3. The zero-order chi connectivity index (χ0) is 20.4. The van der Waals surface area contributed by atoms with Crippen molar-refractivity contribution < 1.29 is 14.3 Å². The van der Waals surface area contributed by atoms with Crippen LogP contribution in [0.3, 0.4) is 0 Å². The van der Waals surface area contributed by atoms with Gasteiger partial charge in [-0.15, -0.1) is 24.8 Å². The van der Waals surface area contributed by atoms with Gasteiger partial charge in [0.1, 0.15) is 11.4 Å². The summed E-state index contributed by atoms with van der Waals surface area (Å²) < 4.78 is 5.68. The van der Waals surface area contributed by atoms with E-state index in [4.69, 9.17) is 10.5 Å². The van der Waals surface area contributed by atoms with Gasteiger partial charge in [-0.3, -0.25) is 9.59 Å². The lowest BCUT2D eigenvalue weighted by atomic mass is 9.54. The summed E-state index contributed by atoms with van der Waals surface area (Å²) in [5, 5.41) is 5.57. The lowest BCUT2D eigenvalue weighted by Gasteiger charge is -2.57. The Morgan fingerprint density at radius 1 is 1.17 bits per heavy atom. The second-order valence-corrected chi connectivity index (χ2v) is 7.55. The molecule has 1 aromatic carbocycles. The van der Waals surface area contributed by atoms with E-state index in [0.717, 1.165) is 0 Å². The molecule has 0 saturated heterocycles. The Kier molecular flexibility index (Phi) is 8.80. The summed E-state index contributed by atoms with van der Waals surface area (Å²) in [6.45, 7) is 6.38. The molecular formula is C21H28Cl2N4O3. The van der Waals surface area contributed by atoms with Gasteiger partial charge in [0.15, 0.2) is 0 Å². The van der Waals surface area contributed by atoms with Crippen molar-refractivity contribution in [2.75, 3.05) is 17.2 Å². The summed E-state index contributed by atoms with van der Waals surface area (Å²) in [5.74, 6) is -0.130. The van der Waals surface area contributed by atoms with Crippen LogP contribution < -0.4 is 16.4 Å². The second kappa shape index (κ2) is 10.2. The van der Waals surface area contributed by atoms with E-state index in [1.54, 1.807) is 48.7 Å². The third-order valence-electron chi connectivity index (χ3n) is 5.52. The van der Waals surface area contributed by atoms with E-state index >= 15 is 0 Å². The summed E-state index contributed by atoms with van der Waals surface area (Å²) in [7, 11) is 0. The number of nitrogens with zero attached hydrogens (tertiary/aromatic N) is 1. The van der Waals surface area contributed by atoms with Crippen LogP contribution in [0.5, 0.6) is 0 Å². The number of benzene rings is 1. The van der Waals surface area contributed by atoms with Gasteiger partial charge in [0.25, 0.3) is 5.91 Å². The fourth-order valence-corrected chi connectivity index (χ4v) is 3.43. The third kappa shape index (κ3) is 4.92.